The molecule has 0 radical (unpaired) electrons. The fourth-order valence-electron chi connectivity index (χ4n) is 0.356. The third-order valence-electron chi connectivity index (χ3n) is 0.964. The molecule has 0 saturated carbocycles. The average molecular weight is 334 g/mol. The Morgan fingerprint density at radius 2 is 1.31 bits per heavy atom. The normalized spacial score (nSPS) is 12.8. The van der Waals surface area contributed by atoms with Gasteiger partial charge in [0.05, 0.1) is 0 Å². The molecule has 0 aromatic carbocycles. The minimum absolute atomic E-state index is 1.43. The van der Waals surface area contributed by atoms with Crippen molar-refractivity contribution in [1.82, 2.24) is 0 Å². The van der Waals surface area contributed by atoms with E-state index in [4.69, 9.17) is 0 Å². The standard InChI is InChI=1S/C5H2F6Se2/c6-1-4(7,8)2(12)3(13)5(9,10)11/h1H2. The molecular weight excluding hydrogens is 332 g/mol. The molecule has 0 nitrogen and oxygen atoms in total. The van der Waals surface area contributed by atoms with Crippen LogP contribution in [0, 0.1) is 0 Å². The third-order valence-corrected chi connectivity index (χ3v) is 3.59. The van der Waals surface area contributed by atoms with Gasteiger partial charge in [0.15, 0.2) is 0 Å². The van der Waals surface area contributed by atoms with E-state index in [1.807, 2.05) is 0 Å². The van der Waals surface area contributed by atoms with Crippen molar-refractivity contribution in [3.63, 3.8) is 0 Å². The summed E-state index contributed by atoms with van der Waals surface area (Å²) in [5, 5.41) is 0. The van der Waals surface area contributed by atoms with Crippen LogP contribution in [0.5, 0.6) is 0 Å². The SMILES string of the molecule is FCC(F)(F)C(=[Se])C(=[Se])C(F)(F)F. The molecule has 0 unspecified atom stereocenters. The molecule has 0 aromatic rings. The van der Waals surface area contributed by atoms with Crippen molar-refractivity contribution < 1.29 is 26.3 Å². The maximum atomic E-state index is 12.3. The van der Waals surface area contributed by atoms with Crippen LogP contribution < -0.4 is 0 Å². The van der Waals surface area contributed by atoms with Crippen LogP contribution in [0.15, 0.2) is 0 Å². The molecule has 0 aliphatic carbocycles. The van der Waals surface area contributed by atoms with E-state index in [1.54, 1.807) is 0 Å². The van der Waals surface area contributed by atoms with Crippen LogP contribution in [0.25, 0.3) is 0 Å². The molecule has 0 saturated heterocycles. The van der Waals surface area contributed by atoms with E-state index in [0.717, 1.165) is 0 Å². The van der Waals surface area contributed by atoms with E-state index < -0.39 is 27.6 Å². The molecule has 0 fully saturated rings. The molecule has 0 aliphatic heterocycles. The second kappa shape index (κ2) is 4.25. The van der Waals surface area contributed by atoms with Crippen molar-refractivity contribution in [3.8, 4) is 0 Å². The van der Waals surface area contributed by atoms with Crippen LogP contribution in [0.2, 0.25) is 0 Å². The van der Waals surface area contributed by atoms with Crippen LogP contribution in [0.4, 0.5) is 26.3 Å². The van der Waals surface area contributed by atoms with Gasteiger partial charge in [-0.05, 0) is 0 Å². The minimum atomic E-state index is -4.92. The topological polar surface area (TPSA) is 0 Å². The number of halogens is 6. The zero-order chi connectivity index (χ0) is 10.9. The summed E-state index contributed by atoms with van der Waals surface area (Å²) in [5.41, 5.74) is 0. The second-order valence-electron chi connectivity index (χ2n) is 1.99. The van der Waals surface area contributed by atoms with E-state index in [9.17, 15) is 26.3 Å². The monoisotopic (exact) mass is 336 g/mol. The summed E-state index contributed by atoms with van der Waals surface area (Å²) in [7, 11) is 0. The van der Waals surface area contributed by atoms with Crippen molar-refractivity contribution in [2.75, 3.05) is 6.67 Å². The summed E-state index contributed by atoms with van der Waals surface area (Å²) in [4.78, 5) is 0. The Labute approximate surface area is 85.4 Å². The first-order valence-electron chi connectivity index (χ1n) is 2.72. The predicted molar refractivity (Wildman–Crippen MR) is 38.5 cm³/mol. The third kappa shape index (κ3) is 3.54. The van der Waals surface area contributed by atoms with Gasteiger partial charge in [0.1, 0.15) is 0 Å². The van der Waals surface area contributed by atoms with Gasteiger partial charge in [-0.3, -0.25) is 0 Å². The van der Waals surface area contributed by atoms with Crippen molar-refractivity contribution in [2.24, 2.45) is 0 Å². The first kappa shape index (κ1) is 13.4. The van der Waals surface area contributed by atoms with E-state index in [0.29, 0.717) is 0 Å². The molecule has 76 valence electrons. The van der Waals surface area contributed by atoms with Crippen LogP contribution in [-0.2, 0) is 0 Å². The first-order chi connectivity index (χ1) is 5.63. The molecule has 0 heterocycles. The number of hydrogen-bond acceptors (Lipinski definition) is 0. The Morgan fingerprint density at radius 3 is 1.54 bits per heavy atom. The Kier molecular flexibility index (Phi) is 4.37. The van der Waals surface area contributed by atoms with Gasteiger partial charge in [-0.1, -0.05) is 0 Å². The Morgan fingerprint density at radius 1 is 0.923 bits per heavy atom. The summed E-state index contributed by atoms with van der Waals surface area (Å²) < 4.78 is 68.6. The molecule has 0 spiro atoms. The number of hydrogen-bond donors (Lipinski definition) is 0. The molecule has 0 rings (SSSR count). The van der Waals surface area contributed by atoms with E-state index >= 15 is 0 Å². The van der Waals surface area contributed by atoms with Crippen molar-refractivity contribution in [1.29, 1.82) is 0 Å². The molecule has 0 aliphatic rings. The van der Waals surface area contributed by atoms with E-state index in [-0.39, 0.29) is 0 Å². The Bertz CT molecular complexity index is 230. The average Bonchev–Trinajstić information content (AvgIpc) is 2.00. The van der Waals surface area contributed by atoms with Crippen molar-refractivity contribution in [3.05, 3.63) is 0 Å². The Hall–Kier alpha value is 0.359. The molecule has 0 N–H and O–H groups in total. The second-order valence-corrected chi connectivity index (χ2v) is 3.71. The summed E-state index contributed by atoms with van der Waals surface area (Å²) in [6.07, 6.45) is -4.92. The van der Waals surface area contributed by atoms with Gasteiger partial charge in [-0.15, -0.1) is 0 Å². The zero-order valence-corrected chi connectivity index (χ0v) is 9.22. The maximum absolute atomic E-state index is 12.3. The molecule has 0 amide bonds. The number of alkyl halides is 6. The molecule has 0 bridgehead atoms. The van der Waals surface area contributed by atoms with Crippen LogP contribution >= 0.6 is 0 Å². The van der Waals surface area contributed by atoms with Crippen molar-refractivity contribution >= 4 is 40.0 Å². The van der Waals surface area contributed by atoms with Gasteiger partial charge in [-0.2, -0.15) is 0 Å². The summed E-state index contributed by atoms with van der Waals surface area (Å²) in [6, 6.07) is 0. The van der Waals surface area contributed by atoms with Gasteiger partial charge < -0.3 is 0 Å². The summed E-state index contributed by atoms with van der Waals surface area (Å²) in [6.45, 7) is -2.17. The van der Waals surface area contributed by atoms with Crippen LogP contribution in [-0.4, -0.2) is 58.8 Å². The summed E-state index contributed by atoms with van der Waals surface area (Å²) >= 11 is 2.95. The quantitative estimate of drug-likeness (QED) is 0.530. The Balaban J connectivity index is 4.74. The van der Waals surface area contributed by atoms with E-state index in [1.165, 1.54) is 31.2 Å². The van der Waals surface area contributed by atoms with Gasteiger partial charge in [-0.25, -0.2) is 0 Å². The predicted octanol–water partition coefficient (Wildman–Crippen LogP) is 0.835. The molecule has 0 aromatic heterocycles. The van der Waals surface area contributed by atoms with Gasteiger partial charge in [0, 0.05) is 0 Å². The zero-order valence-electron chi connectivity index (χ0n) is 5.79. The summed E-state index contributed by atoms with van der Waals surface area (Å²) in [5.74, 6) is -4.11. The number of rotatable bonds is 3. The van der Waals surface area contributed by atoms with Crippen LogP contribution in [0.1, 0.15) is 0 Å². The molecule has 13 heavy (non-hydrogen) atoms. The van der Waals surface area contributed by atoms with Gasteiger partial charge in [0.25, 0.3) is 0 Å². The molecular formula is C5H2F6Se2. The van der Waals surface area contributed by atoms with E-state index in [2.05, 4.69) is 0 Å². The molecule has 0 atom stereocenters. The van der Waals surface area contributed by atoms with Gasteiger partial charge >= 0.3 is 85.1 Å². The van der Waals surface area contributed by atoms with Crippen molar-refractivity contribution in [2.45, 2.75) is 12.1 Å². The first-order valence-corrected chi connectivity index (χ1v) is 4.44. The fraction of sp³-hybridized carbons (Fsp3) is 0.600. The fourth-order valence-corrected chi connectivity index (χ4v) is 1.03. The van der Waals surface area contributed by atoms with Gasteiger partial charge in [0.2, 0.25) is 0 Å². The molecule has 8 heteroatoms. The van der Waals surface area contributed by atoms with Crippen LogP contribution in [0.3, 0.4) is 0 Å².